The van der Waals surface area contributed by atoms with Gasteiger partial charge in [0.2, 0.25) is 5.88 Å². The molecule has 0 spiro atoms. The molecule has 1 fully saturated rings. The highest BCUT2D eigenvalue weighted by atomic mass is 16.5. The number of aromatic nitrogens is 3. The van der Waals surface area contributed by atoms with E-state index in [1.165, 1.54) is 22.4 Å². The monoisotopic (exact) mass is 359 g/mol. The van der Waals surface area contributed by atoms with Gasteiger partial charge in [-0.25, -0.2) is 4.98 Å². The molecule has 4 nitrogen and oxygen atoms in total. The number of hydrogen-bond acceptors (Lipinski definition) is 4. The van der Waals surface area contributed by atoms with E-state index in [9.17, 15) is 0 Å². The summed E-state index contributed by atoms with van der Waals surface area (Å²) >= 11 is 0. The molecule has 1 saturated carbocycles. The van der Waals surface area contributed by atoms with E-state index in [4.69, 9.17) is 4.74 Å². The largest absolute Gasteiger partial charge is 0.477 e. The van der Waals surface area contributed by atoms with Crippen LogP contribution in [0.1, 0.15) is 40.5 Å². The Bertz CT molecular complexity index is 966. The Labute approximate surface area is 160 Å². The first-order valence-corrected chi connectivity index (χ1v) is 9.48. The lowest BCUT2D eigenvalue weighted by Crippen LogP contribution is -2.06. The lowest BCUT2D eigenvalue weighted by molar-refractivity contribution is 0.285. The molecule has 0 amide bonds. The van der Waals surface area contributed by atoms with Crippen molar-refractivity contribution in [2.45, 2.75) is 40.0 Å². The Balaban J connectivity index is 1.51. The molecule has 4 heteroatoms. The predicted molar refractivity (Wildman–Crippen MR) is 107 cm³/mol. The molecule has 1 aliphatic rings. The zero-order chi connectivity index (χ0) is 19.0. The van der Waals surface area contributed by atoms with Gasteiger partial charge in [-0.1, -0.05) is 29.8 Å². The van der Waals surface area contributed by atoms with Gasteiger partial charge < -0.3 is 4.74 Å². The van der Waals surface area contributed by atoms with Crippen LogP contribution in [0.5, 0.6) is 5.88 Å². The smallest absolute Gasteiger partial charge is 0.224 e. The molecule has 2 aromatic heterocycles. The first-order chi connectivity index (χ1) is 13.0. The Morgan fingerprint density at radius 1 is 0.926 bits per heavy atom. The summed E-state index contributed by atoms with van der Waals surface area (Å²) < 4.78 is 6.18. The van der Waals surface area contributed by atoms with Crippen molar-refractivity contribution in [3.8, 4) is 17.0 Å². The highest BCUT2D eigenvalue weighted by Crippen LogP contribution is 2.47. The second kappa shape index (κ2) is 7.10. The molecule has 4 rings (SSSR count). The molecule has 0 aliphatic heterocycles. The van der Waals surface area contributed by atoms with Crippen molar-refractivity contribution in [1.82, 2.24) is 15.0 Å². The SMILES string of the molecule is Cc1ccc(C2CC2COc2nc(C)ncc2-c2ccc(C)cc2C)nc1. The van der Waals surface area contributed by atoms with Crippen LogP contribution in [0.2, 0.25) is 0 Å². The number of hydrogen-bond donors (Lipinski definition) is 0. The topological polar surface area (TPSA) is 47.9 Å². The van der Waals surface area contributed by atoms with Crippen LogP contribution in [0.15, 0.2) is 42.7 Å². The molecule has 2 atom stereocenters. The number of benzene rings is 1. The zero-order valence-electron chi connectivity index (χ0n) is 16.4. The van der Waals surface area contributed by atoms with Gasteiger partial charge in [0.1, 0.15) is 5.82 Å². The van der Waals surface area contributed by atoms with E-state index in [1.54, 1.807) is 0 Å². The second-order valence-electron chi connectivity index (χ2n) is 7.63. The minimum atomic E-state index is 0.498. The van der Waals surface area contributed by atoms with Crippen molar-refractivity contribution >= 4 is 0 Å². The predicted octanol–water partition coefficient (Wildman–Crippen LogP) is 4.95. The van der Waals surface area contributed by atoms with Crippen LogP contribution in [0.4, 0.5) is 0 Å². The quantitative estimate of drug-likeness (QED) is 0.646. The maximum Gasteiger partial charge on any atom is 0.224 e. The molecular formula is C23H25N3O. The van der Waals surface area contributed by atoms with E-state index in [0.717, 1.165) is 23.4 Å². The summed E-state index contributed by atoms with van der Waals surface area (Å²) in [5.41, 5.74) is 6.91. The average Bonchev–Trinajstić information content (AvgIpc) is 3.41. The van der Waals surface area contributed by atoms with Crippen molar-refractivity contribution in [2.24, 2.45) is 5.92 Å². The van der Waals surface area contributed by atoms with Crippen molar-refractivity contribution in [3.63, 3.8) is 0 Å². The third kappa shape index (κ3) is 3.85. The van der Waals surface area contributed by atoms with E-state index in [0.29, 0.717) is 24.3 Å². The fourth-order valence-electron chi connectivity index (χ4n) is 3.54. The van der Waals surface area contributed by atoms with E-state index >= 15 is 0 Å². The second-order valence-corrected chi connectivity index (χ2v) is 7.63. The molecule has 2 unspecified atom stereocenters. The van der Waals surface area contributed by atoms with Crippen LogP contribution < -0.4 is 4.74 Å². The average molecular weight is 359 g/mol. The zero-order valence-corrected chi connectivity index (χ0v) is 16.4. The minimum absolute atomic E-state index is 0.498. The van der Waals surface area contributed by atoms with Crippen molar-refractivity contribution < 1.29 is 4.74 Å². The Morgan fingerprint density at radius 2 is 1.74 bits per heavy atom. The van der Waals surface area contributed by atoms with Crippen LogP contribution in [0.3, 0.4) is 0 Å². The normalized spacial score (nSPS) is 18.4. The van der Waals surface area contributed by atoms with Crippen LogP contribution in [0.25, 0.3) is 11.1 Å². The van der Waals surface area contributed by atoms with Crippen molar-refractivity contribution in [3.05, 3.63) is 70.9 Å². The van der Waals surface area contributed by atoms with E-state index in [-0.39, 0.29) is 0 Å². The Kier molecular flexibility index (Phi) is 4.65. The van der Waals surface area contributed by atoms with Crippen molar-refractivity contribution in [1.29, 1.82) is 0 Å². The van der Waals surface area contributed by atoms with Gasteiger partial charge in [-0.3, -0.25) is 4.98 Å². The summed E-state index contributed by atoms with van der Waals surface area (Å²) in [4.78, 5) is 13.5. The van der Waals surface area contributed by atoms with Crippen LogP contribution in [-0.2, 0) is 0 Å². The molecule has 138 valence electrons. The first kappa shape index (κ1) is 17.7. The van der Waals surface area contributed by atoms with E-state index < -0.39 is 0 Å². The van der Waals surface area contributed by atoms with Gasteiger partial charge in [-0.15, -0.1) is 0 Å². The highest BCUT2D eigenvalue weighted by Gasteiger charge is 2.40. The molecule has 2 heterocycles. The van der Waals surface area contributed by atoms with E-state index in [2.05, 4.69) is 66.1 Å². The number of aryl methyl sites for hydroxylation is 4. The summed E-state index contributed by atoms with van der Waals surface area (Å²) in [6.45, 7) is 8.85. The summed E-state index contributed by atoms with van der Waals surface area (Å²) in [5, 5.41) is 0. The standard InChI is InChI=1S/C23H25N3O/c1-14-5-7-19(16(3)9-14)21-12-24-17(4)26-23(21)27-13-18-10-20(18)22-8-6-15(2)11-25-22/h5-9,11-12,18,20H,10,13H2,1-4H3. The molecule has 3 aromatic rings. The fourth-order valence-corrected chi connectivity index (χ4v) is 3.54. The minimum Gasteiger partial charge on any atom is -0.477 e. The molecular weight excluding hydrogens is 334 g/mol. The van der Waals surface area contributed by atoms with Crippen molar-refractivity contribution in [2.75, 3.05) is 6.61 Å². The van der Waals surface area contributed by atoms with Gasteiger partial charge in [0.05, 0.1) is 12.2 Å². The molecule has 1 aliphatic carbocycles. The van der Waals surface area contributed by atoms with Gasteiger partial charge in [0, 0.05) is 29.9 Å². The maximum atomic E-state index is 6.18. The lowest BCUT2D eigenvalue weighted by atomic mass is 10.0. The number of nitrogens with zero attached hydrogens (tertiary/aromatic N) is 3. The lowest BCUT2D eigenvalue weighted by Gasteiger charge is -2.13. The van der Waals surface area contributed by atoms with Gasteiger partial charge in [0.15, 0.2) is 0 Å². The summed E-state index contributed by atoms with van der Waals surface area (Å²) in [7, 11) is 0. The summed E-state index contributed by atoms with van der Waals surface area (Å²) in [6.07, 6.45) is 4.94. The first-order valence-electron chi connectivity index (χ1n) is 9.48. The fraction of sp³-hybridized carbons (Fsp3) is 0.348. The molecule has 0 radical (unpaired) electrons. The third-order valence-corrected chi connectivity index (χ3v) is 5.22. The van der Waals surface area contributed by atoms with Crippen LogP contribution >= 0.6 is 0 Å². The number of rotatable bonds is 5. The molecule has 27 heavy (non-hydrogen) atoms. The van der Waals surface area contributed by atoms with Crippen LogP contribution in [-0.4, -0.2) is 21.6 Å². The van der Waals surface area contributed by atoms with Gasteiger partial charge in [-0.05, 0) is 56.9 Å². The van der Waals surface area contributed by atoms with E-state index in [1.807, 2.05) is 19.3 Å². The third-order valence-electron chi connectivity index (χ3n) is 5.22. The molecule has 0 N–H and O–H groups in total. The van der Waals surface area contributed by atoms with Gasteiger partial charge in [0.25, 0.3) is 0 Å². The maximum absolute atomic E-state index is 6.18. The Hall–Kier alpha value is -2.75. The summed E-state index contributed by atoms with van der Waals surface area (Å²) in [5.74, 6) is 2.41. The van der Waals surface area contributed by atoms with Gasteiger partial charge >= 0.3 is 0 Å². The Morgan fingerprint density at radius 3 is 2.48 bits per heavy atom. The number of ether oxygens (including phenoxy) is 1. The summed E-state index contributed by atoms with van der Waals surface area (Å²) in [6, 6.07) is 10.7. The highest BCUT2D eigenvalue weighted by molar-refractivity contribution is 5.71. The van der Waals surface area contributed by atoms with Gasteiger partial charge in [-0.2, -0.15) is 4.98 Å². The molecule has 0 bridgehead atoms. The van der Waals surface area contributed by atoms with Crippen LogP contribution in [0, 0.1) is 33.6 Å². The number of pyridine rings is 1. The molecule has 1 aromatic carbocycles. The molecule has 0 saturated heterocycles.